The summed E-state index contributed by atoms with van der Waals surface area (Å²) < 4.78 is 28.7. The molecule has 1 saturated heterocycles. The summed E-state index contributed by atoms with van der Waals surface area (Å²) in [6.45, 7) is 9.75. The first kappa shape index (κ1) is 16.2. The number of sulfone groups is 1. The Morgan fingerprint density at radius 1 is 1.35 bits per heavy atom. The molecule has 4 nitrogen and oxygen atoms in total. The molecule has 2 rings (SSSR count). The maximum absolute atomic E-state index is 11.7. The van der Waals surface area contributed by atoms with Crippen LogP contribution in [0.4, 0.5) is 0 Å². The monoisotopic (exact) mass is 303 g/mol. The van der Waals surface area contributed by atoms with Crippen molar-refractivity contribution in [3.8, 4) is 0 Å². The van der Waals surface area contributed by atoms with Gasteiger partial charge in [-0.1, -0.05) is 13.8 Å². The molecule has 1 heterocycles. The third kappa shape index (κ3) is 2.77. The molecule has 118 valence electrons. The van der Waals surface area contributed by atoms with Gasteiger partial charge in [-0.2, -0.15) is 0 Å². The van der Waals surface area contributed by atoms with E-state index in [4.69, 9.17) is 4.74 Å². The molecule has 0 aromatic carbocycles. The lowest BCUT2D eigenvalue weighted by atomic mass is 9.55. The topological polar surface area (TPSA) is 55.4 Å². The number of ether oxygens (including phenoxy) is 1. The normalized spacial score (nSPS) is 33.4. The number of fused-ring (bicyclic) bond motifs is 1. The highest BCUT2D eigenvalue weighted by Crippen LogP contribution is 2.51. The van der Waals surface area contributed by atoms with Crippen LogP contribution in [0.5, 0.6) is 0 Å². The van der Waals surface area contributed by atoms with Crippen LogP contribution in [-0.2, 0) is 14.6 Å². The summed E-state index contributed by atoms with van der Waals surface area (Å²) in [6, 6.07) is 0.447. The van der Waals surface area contributed by atoms with Crippen molar-refractivity contribution in [2.24, 2.45) is 11.3 Å². The van der Waals surface area contributed by atoms with Gasteiger partial charge in [0.2, 0.25) is 0 Å². The van der Waals surface area contributed by atoms with Gasteiger partial charge in [0.1, 0.15) is 0 Å². The Labute approximate surface area is 123 Å². The SMILES string of the molecule is CC1(C)C(NCCC(C)(C)S(C)(=O)=O)C2CCCOC21. The van der Waals surface area contributed by atoms with Crippen LogP contribution in [-0.4, -0.2) is 44.7 Å². The fourth-order valence-corrected chi connectivity index (χ4v) is 4.12. The van der Waals surface area contributed by atoms with Crippen LogP contribution in [0, 0.1) is 11.3 Å². The standard InChI is InChI=1S/C15H29NO3S/c1-14(2,20(5,17)18)8-9-16-12-11-7-6-10-19-13(11)15(12,3)4/h11-13,16H,6-10H2,1-5H3. The van der Waals surface area contributed by atoms with E-state index in [0.717, 1.165) is 19.6 Å². The lowest BCUT2D eigenvalue weighted by molar-refractivity contribution is -0.192. The van der Waals surface area contributed by atoms with E-state index in [1.54, 1.807) is 0 Å². The van der Waals surface area contributed by atoms with Gasteiger partial charge in [0.25, 0.3) is 0 Å². The van der Waals surface area contributed by atoms with Gasteiger partial charge in [-0.15, -0.1) is 0 Å². The Hall–Kier alpha value is -0.130. The van der Waals surface area contributed by atoms with Crippen molar-refractivity contribution in [2.45, 2.75) is 63.9 Å². The number of rotatable bonds is 5. The molecule has 1 saturated carbocycles. The Morgan fingerprint density at radius 3 is 2.60 bits per heavy atom. The van der Waals surface area contributed by atoms with Gasteiger partial charge < -0.3 is 10.1 Å². The quantitative estimate of drug-likeness (QED) is 0.844. The zero-order valence-electron chi connectivity index (χ0n) is 13.4. The molecule has 0 spiro atoms. The average molecular weight is 303 g/mol. The van der Waals surface area contributed by atoms with Crippen LogP contribution in [0.2, 0.25) is 0 Å². The van der Waals surface area contributed by atoms with E-state index in [1.165, 1.54) is 12.7 Å². The third-order valence-electron chi connectivity index (χ3n) is 5.43. The summed E-state index contributed by atoms with van der Waals surface area (Å²) >= 11 is 0. The minimum Gasteiger partial charge on any atom is -0.377 e. The molecule has 0 bridgehead atoms. The van der Waals surface area contributed by atoms with Crippen molar-refractivity contribution < 1.29 is 13.2 Å². The van der Waals surface area contributed by atoms with Crippen molar-refractivity contribution in [3.05, 3.63) is 0 Å². The molecule has 1 aliphatic carbocycles. The summed E-state index contributed by atoms with van der Waals surface area (Å²) in [6.07, 6.45) is 4.71. The van der Waals surface area contributed by atoms with E-state index >= 15 is 0 Å². The maximum Gasteiger partial charge on any atom is 0.152 e. The molecule has 3 atom stereocenters. The molecule has 20 heavy (non-hydrogen) atoms. The summed E-state index contributed by atoms with van der Waals surface area (Å²) in [7, 11) is -3.01. The molecule has 2 aliphatic rings. The molecule has 0 amide bonds. The highest BCUT2D eigenvalue weighted by molar-refractivity contribution is 7.92. The van der Waals surface area contributed by atoms with Gasteiger partial charge in [-0.05, 0) is 39.7 Å². The van der Waals surface area contributed by atoms with Crippen LogP contribution in [0.15, 0.2) is 0 Å². The molecule has 0 aromatic heterocycles. The molecular formula is C15H29NO3S. The van der Waals surface area contributed by atoms with E-state index in [-0.39, 0.29) is 5.41 Å². The lowest BCUT2D eigenvalue weighted by Crippen LogP contribution is -2.69. The Bertz CT molecular complexity index is 456. The highest BCUT2D eigenvalue weighted by atomic mass is 32.2. The van der Waals surface area contributed by atoms with Crippen LogP contribution < -0.4 is 5.32 Å². The number of hydrogen-bond acceptors (Lipinski definition) is 4. The predicted octanol–water partition coefficient (Wildman–Crippen LogP) is 1.99. The van der Waals surface area contributed by atoms with Crippen molar-refractivity contribution in [1.29, 1.82) is 0 Å². The minimum atomic E-state index is -3.01. The smallest absolute Gasteiger partial charge is 0.152 e. The molecule has 2 fully saturated rings. The third-order valence-corrected chi connectivity index (χ3v) is 7.64. The lowest BCUT2D eigenvalue weighted by Gasteiger charge is -2.60. The van der Waals surface area contributed by atoms with E-state index in [9.17, 15) is 8.42 Å². The van der Waals surface area contributed by atoms with E-state index in [2.05, 4.69) is 19.2 Å². The van der Waals surface area contributed by atoms with Gasteiger partial charge in [0.05, 0.1) is 10.9 Å². The van der Waals surface area contributed by atoms with Crippen LogP contribution in [0.3, 0.4) is 0 Å². The van der Waals surface area contributed by atoms with Crippen LogP contribution >= 0.6 is 0 Å². The number of nitrogens with one attached hydrogen (secondary N) is 1. The van der Waals surface area contributed by atoms with Crippen LogP contribution in [0.25, 0.3) is 0 Å². The summed E-state index contributed by atoms with van der Waals surface area (Å²) in [4.78, 5) is 0. The first-order valence-corrected chi connectivity index (χ1v) is 9.51. The molecular weight excluding hydrogens is 274 g/mol. The molecule has 0 aromatic rings. The van der Waals surface area contributed by atoms with Crippen molar-refractivity contribution in [3.63, 3.8) is 0 Å². The average Bonchev–Trinajstić information content (AvgIpc) is 2.33. The Balaban J connectivity index is 1.89. The predicted molar refractivity (Wildman–Crippen MR) is 81.6 cm³/mol. The van der Waals surface area contributed by atoms with Crippen molar-refractivity contribution in [2.75, 3.05) is 19.4 Å². The summed E-state index contributed by atoms with van der Waals surface area (Å²) in [5.74, 6) is 0.597. The second kappa shape index (κ2) is 5.25. The second-order valence-electron chi connectivity index (χ2n) is 7.63. The largest absolute Gasteiger partial charge is 0.377 e. The zero-order chi connectivity index (χ0) is 15.2. The summed E-state index contributed by atoms with van der Waals surface area (Å²) in [5, 5.41) is 3.59. The maximum atomic E-state index is 11.7. The van der Waals surface area contributed by atoms with E-state index < -0.39 is 14.6 Å². The first-order chi connectivity index (χ1) is 9.07. The van der Waals surface area contributed by atoms with Gasteiger partial charge >= 0.3 is 0 Å². The fraction of sp³-hybridized carbons (Fsp3) is 1.00. The minimum absolute atomic E-state index is 0.153. The Morgan fingerprint density at radius 2 is 2.00 bits per heavy atom. The first-order valence-electron chi connectivity index (χ1n) is 7.62. The molecule has 1 N–H and O–H groups in total. The summed E-state index contributed by atoms with van der Waals surface area (Å²) in [5.41, 5.74) is 0.153. The van der Waals surface area contributed by atoms with Crippen molar-refractivity contribution in [1.82, 2.24) is 5.32 Å². The zero-order valence-corrected chi connectivity index (χ0v) is 14.2. The van der Waals surface area contributed by atoms with E-state index in [1.807, 2.05) is 13.8 Å². The molecule has 5 heteroatoms. The van der Waals surface area contributed by atoms with E-state index in [0.29, 0.717) is 24.5 Å². The van der Waals surface area contributed by atoms with Crippen LogP contribution in [0.1, 0.15) is 47.0 Å². The van der Waals surface area contributed by atoms with Gasteiger partial charge in [0.15, 0.2) is 9.84 Å². The van der Waals surface area contributed by atoms with Gasteiger partial charge in [0, 0.05) is 30.2 Å². The second-order valence-corrected chi connectivity index (χ2v) is 10.3. The molecule has 3 unspecified atom stereocenters. The molecule has 0 radical (unpaired) electrons. The van der Waals surface area contributed by atoms with Gasteiger partial charge in [-0.3, -0.25) is 0 Å². The highest BCUT2D eigenvalue weighted by Gasteiger charge is 2.57. The molecule has 1 aliphatic heterocycles. The van der Waals surface area contributed by atoms with Gasteiger partial charge in [-0.25, -0.2) is 8.42 Å². The Kier molecular flexibility index (Phi) is 4.27. The van der Waals surface area contributed by atoms with Crippen molar-refractivity contribution >= 4 is 9.84 Å². The fourth-order valence-electron chi connectivity index (χ4n) is 3.65. The number of hydrogen-bond donors (Lipinski definition) is 1.